The molecular formula is C20H32ClN3O4. The molecule has 1 amide bonds. The molecule has 0 saturated carbocycles. The number of carbonyl (C=O) groups is 2. The molecule has 2 rings (SSSR count). The topological polar surface area (TPSA) is 82.1 Å². The molecule has 1 saturated heterocycles. The van der Waals surface area contributed by atoms with E-state index in [2.05, 4.69) is 10.2 Å². The van der Waals surface area contributed by atoms with Gasteiger partial charge in [-0.25, -0.2) is 0 Å². The quantitative estimate of drug-likeness (QED) is 0.610. The highest BCUT2D eigenvalue weighted by Gasteiger charge is 2.25. The number of carboxylic acid groups (broad SMARTS) is 1. The summed E-state index contributed by atoms with van der Waals surface area (Å²) in [6.07, 6.45) is 1.79. The SMILES string of the molecule is CCOc1cccc(CNC(=O)CN2CCC(N(CC)CC(=O)O)CC2)c1.Cl. The van der Waals surface area contributed by atoms with Crippen molar-refractivity contribution in [1.82, 2.24) is 15.1 Å². The second kappa shape index (κ2) is 12.6. The molecular weight excluding hydrogens is 382 g/mol. The smallest absolute Gasteiger partial charge is 0.317 e. The standard InChI is InChI=1S/C20H31N3O4.ClH/c1-3-23(15-20(25)26)17-8-10-22(11-9-17)14-19(24)21-13-16-6-5-7-18(12-16)27-4-2;/h5-7,12,17H,3-4,8-11,13-15H2,1-2H3,(H,21,24)(H,25,26);1H. The molecule has 1 aromatic carbocycles. The van der Waals surface area contributed by atoms with Gasteiger partial charge in [0.25, 0.3) is 0 Å². The average Bonchev–Trinajstić information content (AvgIpc) is 2.66. The van der Waals surface area contributed by atoms with Crippen molar-refractivity contribution in [1.29, 1.82) is 0 Å². The van der Waals surface area contributed by atoms with Gasteiger partial charge < -0.3 is 15.2 Å². The van der Waals surface area contributed by atoms with E-state index >= 15 is 0 Å². The summed E-state index contributed by atoms with van der Waals surface area (Å²) in [5, 5.41) is 12.0. The summed E-state index contributed by atoms with van der Waals surface area (Å²) in [7, 11) is 0. The summed E-state index contributed by atoms with van der Waals surface area (Å²) in [4.78, 5) is 27.3. The van der Waals surface area contributed by atoms with Crippen molar-refractivity contribution in [2.75, 3.05) is 39.3 Å². The molecule has 0 spiro atoms. The van der Waals surface area contributed by atoms with Crippen LogP contribution in [0.3, 0.4) is 0 Å². The second-order valence-electron chi connectivity index (χ2n) is 6.82. The Morgan fingerprint density at radius 2 is 2.00 bits per heavy atom. The van der Waals surface area contributed by atoms with Crippen LogP contribution in [-0.4, -0.2) is 72.2 Å². The van der Waals surface area contributed by atoms with Crippen LogP contribution < -0.4 is 10.1 Å². The van der Waals surface area contributed by atoms with E-state index in [1.54, 1.807) is 0 Å². The van der Waals surface area contributed by atoms with Gasteiger partial charge in [0.15, 0.2) is 0 Å². The number of nitrogens with one attached hydrogen (secondary N) is 1. The zero-order valence-electron chi connectivity index (χ0n) is 16.7. The third-order valence-corrected chi connectivity index (χ3v) is 4.88. The van der Waals surface area contributed by atoms with Gasteiger partial charge in [-0.3, -0.25) is 19.4 Å². The van der Waals surface area contributed by atoms with Crippen molar-refractivity contribution in [3.8, 4) is 5.75 Å². The minimum atomic E-state index is -0.785. The zero-order valence-corrected chi connectivity index (χ0v) is 17.5. The van der Waals surface area contributed by atoms with Crippen LogP contribution in [0.2, 0.25) is 0 Å². The van der Waals surface area contributed by atoms with E-state index in [9.17, 15) is 9.59 Å². The number of hydrogen-bond acceptors (Lipinski definition) is 5. The van der Waals surface area contributed by atoms with Crippen LogP contribution in [-0.2, 0) is 16.1 Å². The van der Waals surface area contributed by atoms with Crippen molar-refractivity contribution in [2.45, 2.75) is 39.3 Å². The monoisotopic (exact) mass is 413 g/mol. The molecule has 1 fully saturated rings. The fraction of sp³-hybridized carbons (Fsp3) is 0.600. The number of nitrogens with zero attached hydrogens (tertiary/aromatic N) is 2. The van der Waals surface area contributed by atoms with Gasteiger partial charge in [0, 0.05) is 25.7 Å². The van der Waals surface area contributed by atoms with Gasteiger partial charge in [-0.1, -0.05) is 19.1 Å². The summed E-state index contributed by atoms with van der Waals surface area (Å²) < 4.78 is 5.48. The summed E-state index contributed by atoms with van der Waals surface area (Å²) >= 11 is 0. The fourth-order valence-corrected chi connectivity index (χ4v) is 3.49. The number of rotatable bonds is 10. The number of likely N-dealkylation sites (N-methyl/N-ethyl adjacent to an activating group) is 1. The lowest BCUT2D eigenvalue weighted by molar-refractivity contribution is -0.139. The normalized spacial score (nSPS) is 15.1. The van der Waals surface area contributed by atoms with Crippen molar-refractivity contribution < 1.29 is 19.4 Å². The average molecular weight is 414 g/mol. The Hall–Kier alpha value is -1.83. The van der Waals surface area contributed by atoms with Gasteiger partial charge in [0.05, 0.1) is 19.7 Å². The number of piperidine rings is 1. The molecule has 0 bridgehead atoms. The number of hydrogen-bond donors (Lipinski definition) is 2. The Morgan fingerprint density at radius 3 is 2.61 bits per heavy atom. The molecule has 158 valence electrons. The number of carboxylic acids is 1. The van der Waals surface area contributed by atoms with Crippen LogP contribution in [0, 0.1) is 0 Å². The van der Waals surface area contributed by atoms with E-state index < -0.39 is 5.97 Å². The van der Waals surface area contributed by atoms with Crippen molar-refractivity contribution >= 4 is 24.3 Å². The molecule has 1 heterocycles. The first kappa shape index (κ1) is 24.2. The molecule has 2 N–H and O–H groups in total. The molecule has 8 heteroatoms. The largest absolute Gasteiger partial charge is 0.494 e. The Labute approximate surface area is 173 Å². The number of amides is 1. The fourth-order valence-electron chi connectivity index (χ4n) is 3.49. The Balaban J connectivity index is 0.00000392. The molecule has 0 aliphatic carbocycles. The van der Waals surface area contributed by atoms with Crippen LogP contribution in [0.25, 0.3) is 0 Å². The molecule has 0 unspecified atom stereocenters. The van der Waals surface area contributed by atoms with E-state index in [1.165, 1.54) is 0 Å². The lowest BCUT2D eigenvalue weighted by atomic mass is 10.0. The molecule has 1 aromatic rings. The minimum absolute atomic E-state index is 0. The maximum absolute atomic E-state index is 12.2. The lowest BCUT2D eigenvalue weighted by Crippen LogP contribution is -2.48. The van der Waals surface area contributed by atoms with Crippen LogP contribution in [0.4, 0.5) is 0 Å². The van der Waals surface area contributed by atoms with Gasteiger partial charge in [0.2, 0.25) is 5.91 Å². The summed E-state index contributed by atoms with van der Waals surface area (Å²) in [6.45, 7) is 7.86. The van der Waals surface area contributed by atoms with E-state index in [4.69, 9.17) is 9.84 Å². The highest BCUT2D eigenvalue weighted by Crippen LogP contribution is 2.16. The van der Waals surface area contributed by atoms with E-state index in [0.717, 1.165) is 43.8 Å². The van der Waals surface area contributed by atoms with Crippen molar-refractivity contribution in [2.24, 2.45) is 0 Å². The Bertz CT molecular complexity index is 621. The van der Waals surface area contributed by atoms with Gasteiger partial charge >= 0.3 is 5.97 Å². The molecule has 0 atom stereocenters. The summed E-state index contributed by atoms with van der Waals surface area (Å²) in [5.41, 5.74) is 1.01. The Kier molecular flexibility index (Phi) is 10.9. The van der Waals surface area contributed by atoms with Gasteiger partial charge in [0.1, 0.15) is 5.75 Å². The van der Waals surface area contributed by atoms with E-state index in [1.807, 2.05) is 43.0 Å². The molecule has 28 heavy (non-hydrogen) atoms. The molecule has 0 aromatic heterocycles. The number of likely N-dealkylation sites (tertiary alicyclic amines) is 1. The third-order valence-electron chi connectivity index (χ3n) is 4.88. The number of carbonyl (C=O) groups excluding carboxylic acids is 1. The maximum atomic E-state index is 12.2. The predicted molar refractivity (Wildman–Crippen MR) is 111 cm³/mol. The summed E-state index contributed by atoms with van der Waals surface area (Å²) in [6, 6.07) is 8.02. The molecule has 0 radical (unpaired) electrons. The molecule has 1 aliphatic heterocycles. The van der Waals surface area contributed by atoms with Crippen molar-refractivity contribution in [3.05, 3.63) is 29.8 Å². The van der Waals surface area contributed by atoms with Crippen LogP contribution in [0.15, 0.2) is 24.3 Å². The number of benzene rings is 1. The zero-order chi connectivity index (χ0) is 19.6. The number of halogens is 1. The number of aliphatic carboxylic acids is 1. The molecule has 1 aliphatic rings. The first-order valence-electron chi connectivity index (χ1n) is 9.68. The van der Waals surface area contributed by atoms with Crippen LogP contribution >= 0.6 is 12.4 Å². The van der Waals surface area contributed by atoms with Crippen molar-refractivity contribution in [3.63, 3.8) is 0 Å². The van der Waals surface area contributed by atoms with E-state index in [-0.39, 0.29) is 30.9 Å². The van der Waals surface area contributed by atoms with E-state index in [0.29, 0.717) is 19.7 Å². The summed E-state index contributed by atoms with van der Waals surface area (Å²) in [5.74, 6) is 0.0355. The van der Waals surface area contributed by atoms with Gasteiger partial charge in [-0.05, 0) is 44.0 Å². The first-order chi connectivity index (χ1) is 13.0. The number of ether oxygens (including phenoxy) is 1. The van der Waals surface area contributed by atoms with Gasteiger partial charge in [-0.2, -0.15) is 0 Å². The van der Waals surface area contributed by atoms with Crippen LogP contribution in [0.1, 0.15) is 32.3 Å². The predicted octanol–water partition coefficient (Wildman–Crippen LogP) is 1.99. The second-order valence-corrected chi connectivity index (χ2v) is 6.82. The maximum Gasteiger partial charge on any atom is 0.317 e. The van der Waals surface area contributed by atoms with Gasteiger partial charge in [-0.15, -0.1) is 12.4 Å². The highest BCUT2D eigenvalue weighted by molar-refractivity contribution is 5.85. The first-order valence-corrected chi connectivity index (χ1v) is 9.68. The third kappa shape index (κ3) is 8.04. The highest BCUT2D eigenvalue weighted by atomic mass is 35.5. The minimum Gasteiger partial charge on any atom is -0.494 e. The van der Waals surface area contributed by atoms with Crippen LogP contribution in [0.5, 0.6) is 5.75 Å². The Morgan fingerprint density at radius 1 is 1.29 bits per heavy atom. The molecule has 7 nitrogen and oxygen atoms in total. The lowest BCUT2D eigenvalue weighted by Gasteiger charge is -2.37.